The minimum Gasteiger partial charge on any atom is -0.464 e. The van der Waals surface area contributed by atoms with Crippen LogP contribution in [-0.4, -0.2) is 35.5 Å². The van der Waals surface area contributed by atoms with Crippen LogP contribution in [0.3, 0.4) is 0 Å². The van der Waals surface area contributed by atoms with Crippen molar-refractivity contribution in [3.63, 3.8) is 0 Å². The van der Waals surface area contributed by atoms with Gasteiger partial charge in [0.15, 0.2) is 5.69 Å². The number of halogens is 2. The molecule has 1 N–H and O–H groups in total. The van der Waals surface area contributed by atoms with Crippen molar-refractivity contribution in [3.8, 4) is 0 Å². The van der Waals surface area contributed by atoms with Gasteiger partial charge in [-0.25, -0.2) is 14.6 Å². The second-order valence-corrected chi connectivity index (χ2v) is 5.86. The smallest absolute Gasteiger partial charge is 0.360 e. The predicted molar refractivity (Wildman–Crippen MR) is 94.0 cm³/mol. The van der Waals surface area contributed by atoms with Gasteiger partial charge in [0.25, 0.3) is 0 Å². The number of ether oxygens (including phenoxy) is 1. The van der Waals surface area contributed by atoms with E-state index in [4.69, 9.17) is 27.6 Å². The molecule has 0 atom stereocenters. The summed E-state index contributed by atoms with van der Waals surface area (Å²) in [5.41, 5.74) is 0.454. The molecule has 0 saturated heterocycles. The van der Waals surface area contributed by atoms with Crippen LogP contribution in [0, 0.1) is 0 Å². The van der Waals surface area contributed by atoms with E-state index in [1.54, 1.807) is 18.2 Å². The van der Waals surface area contributed by atoms with Crippen molar-refractivity contribution in [2.75, 3.05) is 19.0 Å². The maximum absolute atomic E-state index is 12.5. The highest BCUT2D eigenvalue weighted by Crippen LogP contribution is 2.29. The first kappa shape index (κ1) is 19.1. The number of methoxy groups -OCH3 is 1. The summed E-state index contributed by atoms with van der Waals surface area (Å²) in [7, 11) is 1.25. The van der Waals surface area contributed by atoms with Gasteiger partial charge in [0.1, 0.15) is 6.26 Å². The number of rotatable bonds is 6. The minimum absolute atomic E-state index is 0.0484. The lowest BCUT2D eigenvalue weighted by atomic mass is 10.3. The third-order valence-electron chi connectivity index (χ3n) is 3.25. The SMILES string of the molecule is CCCN(Cc1nc(C(=O)OC)co1)C(=O)Nc1cccc(Cl)c1Cl. The van der Waals surface area contributed by atoms with Crippen molar-refractivity contribution in [1.29, 1.82) is 0 Å². The summed E-state index contributed by atoms with van der Waals surface area (Å²) in [4.78, 5) is 29.4. The van der Waals surface area contributed by atoms with E-state index >= 15 is 0 Å². The molecule has 7 nitrogen and oxygen atoms in total. The van der Waals surface area contributed by atoms with E-state index in [0.29, 0.717) is 17.3 Å². The van der Waals surface area contributed by atoms with Gasteiger partial charge in [0.05, 0.1) is 29.4 Å². The molecule has 2 aromatic rings. The summed E-state index contributed by atoms with van der Waals surface area (Å²) < 4.78 is 9.80. The Morgan fingerprint density at radius 3 is 2.80 bits per heavy atom. The number of anilines is 1. The highest BCUT2D eigenvalue weighted by atomic mass is 35.5. The Bertz CT molecular complexity index is 764. The van der Waals surface area contributed by atoms with Crippen LogP contribution in [0.15, 0.2) is 28.9 Å². The Balaban J connectivity index is 2.11. The molecule has 1 heterocycles. The molecule has 2 rings (SSSR count). The molecule has 0 aliphatic heterocycles. The molecule has 25 heavy (non-hydrogen) atoms. The molecule has 2 amide bonds. The second-order valence-electron chi connectivity index (χ2n) is 5.07. The van der Waals surface area contributed by atoms with Crippen LogP contribution in [0.5, 0.6) is 0 Å². The van der Waals surface area contributed by atoms with Crippen LogP contribution in [0.25, 0.3) is 0 Å². The van der Waals surface area contributed by atoms with E-state index < -0.39 is 5.97 Å². The zero-order chi connectivity index (χ0) is 18.4. The van der Waals surface area contributed by atoms with Gasteiger partial charge in [0.2, 0.25) is 5.89 Å². The van der Waals surface area contributed by atoms with Gasteiger partial charge in [-0.1, -0.05) is 36.2 Å². The van der Waals surface area contributed by atoms with Crippen molar-refractivity contribution < 1.29 is 18.7 Å². The lowest BCUT2D eigenvalue weighted by molar-refractivity contribution is 0.0594. The quantitative estimate of drug-likeness (QED) is 0.752. The van der Waals surface area contributed by atoms with Gasteiger partial charge < -0.3 is 19.4 Å². The van der Waals surface area contributed by atoms with Crippen LogP contribution in [0.2, 0.25) is 10.0 Å². The number of esters is 1. The molecule has 9 heteroatoms. The maximum Gasteiger partial charge on any atom is 0.360 e. The Morgan fingerprint density at radius 1 is 1.36 bits per heavy atom. The fraction of sp³-hybridized carbons (Fsp3) is 0.312. The van der Waals surface area contributed by atoms with E-state index in [2.05, 4.69) is 15.0 Å². The first-order valence-corrected chi connectivity index (χ1v) is 8.24. The molecular weight excluding hydrogens is 369 g/mol. The third-order valence-corrected chi connectivity index (χ3v) is 4.07. The van der Waals surface area contributed by atoms with Crippen LogP contribution in [-0.2, 0) is 11.3 Å². The number of carbonyl (C=O) groups is 2. The van der Waals surface area contributed by atoms with Gasteiger partial charge in [-0.15, -0.1) is 0 Å². The van der Waals surface area contributed by atoms with Crippen molar-refractivity contribution in [1.82, 2.24) is 9.88 Å². The molecule has 0 fully saturated rings. The van der Waals surface area contributed by atoms with Gasteiger partial charge in [-0.3, -0.25) is 0 Å². The summed E-state index contributed by atoms with van der Waals surface area (Å²) in [6.07, 6.45) is 1.91. The van der Waals surface area contributed by atoms with Gasteiger partial charge in [0, 0.05) is 6.54 Å². The van der Waals surface area contributed by atoms with E-state index in [-0.39, 0.29) is 29.2 Å². The largest absolute Gasteiger partial charge is 0.464 e. The molecule has 1 aromatic carbocycles. The molecular formula is C16H17Cl2N3O4. The molecule has 0 radical (unpaired) electrons. The summed E-state index contributed by atoms with van der Waals surface area (Å²) in [5.74, 6) is -0.381. The first-order valence-electron chi connectivity index (χ1n) is 7.49. The lowest BCUT2D eigenvalue weighted by Crippen LogP contribution is -2.35. The first-order chi connectivity index (χ1) is 12.0. The number of amides is 2. The number of carbonyl (C=O) groups excluding carboxylic acids is 2. The highest BCUT2D eigenvalue weighted by Gasteiger charge is 2.19. The van der Waals surface area contributed by atoms with E-state index in [0.717, 1.165) is 6.42 Å². The minimum atomic E-state index is -0.604. The van der Waals surface area contributed by atoms with Gasteiger partial charge in [-0.05, 0) is 18.6 Å². The Kier molecular flexibility index (Phi) is 6.66. The number of aromatic nitrogens is 1. The molecule has 0 spiro atoms. The normalized spacial score (nSPS) is 10.4. The molecule has 0 bridgehead atoms. The van der Waals surface area contributed by atoms with Crippen molar-refractivity contribution in [2.24, 2.45) is 0 Å². The zero-order valence-corrected chi connectivity index (χ0v) is 15.2. The fourth-order valence-electron chi connectivity index (χ4n) is 2.06. The number of hydrogen-bond acceptors (Lipinski definition) is 5. The Labute approximate surface area is 154 Å². The summed E-state index contributed by atoms with van der Waals surface area (Å²) in [6, 6.07) is 4.58. The summed E-state index contributed by atoms with van der Waals surface area (Å²) >= 11 is 12.0. The third kappa shape index (κ3) is 4.87. The molecule has 0 aliphatic carbocycles. The summed E-state index contributed by atoms with van der Waals surface area (Å²) in [6.45, 7) is 2.48. The topological polar surface area (TPSA) is 84.7 Å². The average Bonchev–Trinajstić information content (AvgIpc) is 3.06. The van der Waals surface area contributed by atoms with Crippen molar-refractivity contribution in [3.05, 3.63) is 46.1 Å². The Hall–Kier alpha value is -2.25. The van der Waals surface area contributed by atoms with Crippen LogP contribution >= 0.6 is 23.2 Å². The number of urea groups is 1. The zero-order valence-electron chi connectivity index (χ0n) is 13.7. The second kappa shape index (κ2) is 8.73. The number of nitrogens with zero attached hydrogens (tertiary/aromatic N) is 2. The van der Waals surface area contributed by atoms with E-state index in [1.165, 1.54) is 18.3 Å². The van der Waals surface area contributed by atoms with Gasteiger partial charge >= 0.3 is 12.0 Å². The molecule has 134 valence electrons. The van der Waals surface area contributed by atoms with Crippen LogP contribution in [0.4, 0.5) is 10.5 Å². The fourth-order valence-corrected chi connectivity index (χ4v) is 2.41. The van der Waals surface area contributed by atoms with Gasteiger partial charge in [-0.2, -0.15) is 0 Å². The monoisotopic (exact) mass is 385 g/mol. The van der Waals surface area contributed by atoms with E-state index in [9.17, 15) is 9.59 Å². The number of nitrogens with one attached hydrogen (secondary N) is 1. The molecule has 0 unspecified atom stereocenters. The average molecular weight is 386 g/mol. The lowest BCUT2D eigenvalue weighted by Gasteiger charge is -2.21. The van der Waals surface area contributed by atoms with E-state index in [1.807, 2.05) is 6.92 Å². The number of benzene rings is 1. The van der Waals surface area contributed by atoms with Crippen molar-refractivity contribution in [2.45, 2.75) is 19.9 Å². The Morgan fingerprint density at radius 2 is 2.12 bits per heavy atom. The summed E-state index contributed by atoms with van der Waals surface area (Å²) in [5, 5.41) is 3.31. The molecule has 0 aliphatic rings. The van der Waals surface area contributed by atoms with Crippen LogP contribution in [0.1, 0.15) is 29.7 Å². The molecule has 1 aromatic heterocycles. The maximum atomic E-state index is 12.5. The highest BCUT2D eigenvalue weighted by molar-refractivity contribution is 6.43. The predicted octanol–water partition coefficient (Wildman–Crippen LogP) is 4.21. The van der Waals surface area contributed by atoms with Crippen molar-refractivity contribution >= 4 is 40.9 Å². The number of oxazole rings is 1. The molecule has 0 saturated carbocycles. The standard InChI is InChI=1S/C16H17Cl2N3O4/c1-3-7-21(8-13-19-12(9-25-13)15(22)24-2)16(23)20-11-6-4-5-10(17)14(11)18/h4-6,9H,3,7-8H2,1-2H3,(H,20,23). The number of hydrogen-bond donors (Lipinski definition) is 1. The van der Waals surface area contributed by atoms with Crippen LogP contribution < -0.4 is 5.32 Å².